The minimum atomic E-state index is -0.454. The Bertz CT molecular complexity index is 768. The van der Waals surface area contributed by atoms with Crippen molar-refractivity contribution < 1.29 is 14.3 Å². The number of quaternary nitrogens is 1. The van der Waals surface area contributed by atoms with Gasteiger partial charge in [0.1, 0.15) is 18.4 Å². The van der Waals surface area contributed by atoms with Crippen LogP contribution in [0.3, 0.4) is 0 Å². The molecule has 2 bridgehead atoms. The van der Waals surface area contributed by atoms with Crippen LogP contribution in [0.25, 0.3) is 10.9 Å². The third-order valence-corrected chi connectivity index (χ3v) is 6.74. The topological polar surface area (TPSA) is 42.4 Å². The number of rotatable bonds is 6. The van der Waals surface area contributed by atoms with Gasteiger partial charge in [-0.15, -0.1) is 0 Å². The van der Waals surface area contributed by atoms with Crippen LogP contribution >= 0.6 is 0 Å². The van der Waals surface area contributed by atoms with Gasteiger partial charge >= 0.3 is 0 Å². The molecule has 140 valence electrons. The molecule has 5 rings (SSSR count). The average Bonchev–Trinajstić information content (AvgIpc) is 2.68. The molecule has 0 aliphatic carbocycles. The van der Waals surface area contributed by atoms with Crippen LogP contribution in [-0.4, -0.2) is 47.4 Å². The van der Waals surface area contributed by atoms with Crippen molar-refractivity contribution >= 4 is 10.9 Å². The van der Waals surface area contributed by atoms with Crippen LogP contribution in [0.5, 0.6) is 5.75 Å². The number of aromatic nitrogens is 1. The minimum absolute atomic E-state index is 0.454. The largest absolute Gasteiger partial charge is 0.494 e. The monoisotopic (exact) mass is 355 g/mol. The number of nitrogens with zero attached hydrogens (tertiary/aromatic N) is 2. The molecule has 3 aliphatic heterocycles. The van der Waals surface area contributed by atoms with E-state index in [-0.39, 0.29) is 0 Å². The third kappa shape index (κ3) is 3.21. The Balaban J connectivity index is 1.61. The van der Waals surface area contributed by atoms with E-state index in [0.717, 1.165) is 45.1 Å². The van der Waals surface area contributed by atoms with Crippen LogP contribution in [0.2, 0.25) is 0 Å². The van der Waals surface area contributed by atoms with Crippen molar-refractivity contribution in [3.63, 3.8) is 0 Å². The number of aliphatic hydroxyl groups is 1. The lowest BCUT2D eigenvalue weighted by molar-refractivity contribution is -0.950. The molecule has 0 saturated carbocycles. The van der Waals surface area contributed by atoms with E-state index < -0.39 is 6.10 Å². The number of fused-ring (bicyclic) bond motifs is 4. The number of ether oxygens (including phenoxy) is 1. The number of pyridine rings is 1. The zero-order valence-corrected chi connectivity index (χ0v) is 16.0. The van der Waals surface area contributed by atoms with Crippen molar-refractivity contribution in [3.8, 4) is 5.75 Å². The average molecular weight is 356 g/mol. The van der Waals surface area contributed by atoms with Crippen LogP contribution in [0, 0.1) is 11.8 Å². The maximum atomic E-state index is 11.2. The minimum Gasteiger partial charge on any atom is -0.494 e. The highest BCUT2D eigenvalue weighted by Gasteiger charge is 2.45. The van der Waals surface area contributed by atoms with E-state index in [2.05, 4.69) is 11.9 Å². The summed E-state index contributed by atoms with van der Waals surface area (Å²) in [6.45, 7) is 9.47. The first kappa shape index (κ1) is 17.7. The first-order chi connectivity index (χ1) is 12.6. The predicted octanol–water partition coefficient (Wildman–Crippen LogP) is 3.93. The lowest BCUT2D eigenvalue weighted by atomic mass is 9.75. The number of hydrogen-bond donors (Lipinski definition) is 1. The van der Waals surface area contributed by atoms with Crippen LogP contribution in [0.4, 0.5) is 0 Å². The zero-order chi connectivity index (χ0) is 18.1. The molecule has 3 saturated heterocycles. The first-order valence-electron chi connectivity index (χ1n) is 10.2. The van der Waals surface area contributed by atoms with Gasteiger partial charge in [-0.2, -0.15) is 0 Å². The van der Waals surface area contributed by atoms with Crippen LogP contribution < -0.4 is 4.74 Å². The van der Waals surface area contributed by atoms with Crippen LogP contribution in [0.1, 0.15) is 44.8 Å². The highest BCUT2D eigenvalue weighted by atomic mass is 16.5. The number of benzene rings is 1. The summed E-state index contributed by atoms with van der Waals surface area (Å²) in [5, 5.41) is 12.2. The second kappa shape index (κ2) is 7.16. The van der Waals surface area contributed by atoms with Gasteiger partial charge in [0.05, 0.1) is 31.8 Å². The number of hydrogen-bond acceptors (Lipinski definition) is 3. The van der Waals surface area contributed by atoms with Crippen molar-refractivity contribution in [2.75, 3.05) is 32.8 Å². The lowest BCUT2D eigenvalue weighted by Gasteiger charge is -2.53. The van der Waals surface area contributed by atoms with Crippen LogP contribution in [0.15, 0.2) is 30.5 Å². The summed E-state index contributed by atoms with van der Waals surface area (Å²) in [4.78, 5) is 4.47. The number of piperidine rings is 3. The van der Waals surface area contributed by atoms with Gasteiger partial charge in [0.15, 0.2) is 0 Å². The van der Waals surface area contributed by atoms with E-state index in [1.54, 1.807) is 0 Å². The summed E-state index contributed by atoms with van der Waals surface area (Å²) >= 11 is 0. The van der Waals surface area contributed by atoms with Crippen molar-refractivity contribution in [3.05, 3.63) is 36.0 Å². The van der Waals surface area contributed by atoms with E-state index in [9.17, 15) is 5.11 Å². The summed E-state index contributed by atoms with van der Waals surface area (Å²) in [5.74, 6) is 2.61. The Morgan fingerprint density at radius 2 is 2.04 bits per heavy atom. The molecule has 4 nitrogen and oxygen atoms in total. The molecule has 4 heterocycles. The van der Waals surface area contributed by atoms with Gasteiger partial charge in [-0.25, -0.2) is 0 Å². The lowest BCUT2D eigenvalue weighted by Crippen LogP contribution is -2.62. The Morgan fingerprint density at radius 1 is 1.23 bits per heavy atom. The molecule has 2 atom stereocenters. The fourth-order valence-electron chi connectivity index (χ4n) is 5.31. The summed E-state index contributed by atoms with van der Waals surface area (Å²) < 4.78 is 6.75. The molecular formula is C22H31N2O2+. The molecule has 2 unspecified atom stereocenters. The third-order valence-electron chi connectivity index (χ3n) is 6.74. The summed E-state index contributed by atoms with van der Waals surface area (Å²) in [6, 6.07) is 7.96. The standard InChI is InChI=1S/C22H31N2O2/c1-3-16-14-24(11-8-17(16)9-12-24)15-22(25)19-7-10-23-21-6-5-18(26-4-2)13-20(19)21/h5-7,10,13,16-17,22,25H,3-4,8-9,11-12,14-15H2,1-2H3/q+1. The maximum Gasteiger partial charge on any atom is 0.129 e. The van der Waals surface area contributed by atoms with Crippen molar-refractivity contribution in [2.24, 2.45) is 11.8 Å². The van der Waals surface area contributed by atoms with Gasteiger partial charge in [-0.05, 0) is 49.1 Å². The van der Waals surface area contributed by atoms with Gasteiger partial charge in [0.2, 0.25) is 0 Å². The fourth-order valence-corrected chi connectivity index (χ4v) is 5.31. The zero-order valence-electron chi connectivity index (χ0n) is 16.0. The molecule has 0 spiro atoms. The van der Waals surface area contributed by atoms with Gasteiger partial charge in [-0.1, -0.05) is 6.92 Å². The van der Waals surface area contributed by atoms with Gasteiger partial charge in [-0.3, -0.25) is 4.98 Å². The van der Waals surface area contributed by atoms with E-state index in [1.165, 1.54) is 38.9 Å². The Kier molecular flexibility index (Phi) is 4.89. The Labute approximate surface area is 156 Å². The molecule has 0 radical (unpaired) electrons. The Hall–Kier alpha value is -1.65. The molecule has 4 heteroatoms. The maximum absolute atomic E-state index is 11.2. The van der Waals surface area contributed by atoms with E-state index in [4.69, 9.17) is 4.74 Å². The predicted molar refractivity (Wildman–Crippen MR) is 104 cm³/mol. The summed E-state index contributed by atoms with van der Waals surface area (Å²) in [6.07, 6.45) is 5.30. The second-order valence-electron chi connectivity index (χ2n) is 8.19. The molecule has 26 heavy (non-hydrogen) atoms. The molecule has 3 aliphatic rings. The van der Waals surface area contributed by atoms with Crippen molar-refractivity contribution in [1.82, 2.24) is 4.98 Å². The SMILES string of the molecule is CCOc1ccc2nccc(C(O)C[N+]34CCC(CC3)C(CC)C4)c2c1. The van der Waals surface area contributed by atoms with Gasteiger partial charge in [0.25, 0.3) is 0 Å². The van der Waals surface area contributed by atoms with Crippen molar-refractivity contribution in [1.29, 1.82) is 0 Å². The Morgan fingerprint density at radius 3 is 2.77 bits per heavy atom. The smallest absolute Gasteiger partial charge is 0.129 e. The molecule has 1 aromatic carbocycles. The highest BCUT2D eigenvalue weighted by molar-refractivity contribution is 5.83. The highest BCUT2D eigenvalue weighted by Crippen LogP contribution is 2.41. The van der Waals surface area contributed by atoms with E-state index >= 15 is 0 Å². The second-order valence-corrected chi connectivity index (χ2v) is 8.19. The summed E-state index contributed by atoms with van der Waals surface area (Å²) in [7, 11) is 0. The first-order valence-corrected chi connectivity index (χ1v) is 10.2. The van der Waals surface area contributed by atoms with Gasteiger partial charge < -0.3 is 14.3 Å². The quantitative estimate of drug-likeness (QED) is 0.798. The van der Waals surface area contributed by atoms with Crippen LogP contribution in [-0.2, 0) is 0 Å². The number of aliphatic hydroxyl groups excluding tert-OH is 1. The van der Waals surface area contributed by atoms with E-state index in [0.29, 0.717) is 6.61 Å². The molecule has 3 fully saturated rings. The molecule has 2 aromatic rings. The van der Waals surface area contributed by atoms with Crippen molar-refractivity contribution in [2.45, 2.75) is 39.2 Å². The molecule has 1 aromatic heterocycles. The summed E-state index contributed by atoms with van der Waals surface area (Å²) in [5.41, 5.74) is 1.92. The molecular weight excluding hydrogens is 324 g/mol. The fraction of sp³-hybridized carbons (Fsp3) is 0.591. The molecule has 0 amide bonds. The normalized spacial score (nSPS) is 29.0. The van der Waals surface area contributed by atoms with E-state index in [1.807, 2.05) is 37.4 Å². The molecule has 1 N–H and O–H groups in total. The van der Waals surface area contributed by atoms with Gasteiger partial charge in [0, 0.05) is 30.3 Å².